The SMILES string of the molecule is Cc1ccc(CNS(=O)(=O)c2c(C)c(-c3nnc(C)o3)n(C)c2C)cc1. The first-order valence-electron chi connectivity index (χ1n) is 8.22. The lowest BCUT2D eigenvalue weighted by Crippen LogP contribution is -2.24. The fourth-order valence-electron chi connectivity index (χ4n) is 3.00. The Hall–Kier alpha value is -2.45. The number of nitrogens with one attached hydrogen (secondary N) is 1. The smallest absolute Gasteiger partial charge is 0.264 e. The summed E-state index contributed by atoms with van der Waals surface area (Å²) in [6.07, 6.45) is 0. The fraction of sp³-hybridized carbons (Fsp3) is 0.333. The summed E-state index contributed by atoms with van der Waals surface area (Å²) in [5.74, 6) is 0.741. The molecule has 2 heterocycles. The van der Waals surface area contributed by atoms with E-state index in [2.05, 4.69) is 14.9 Å². The molecule has 0 aliphatic heterocycles. The molecule has 26 heavy (non-hydrogen) atoms. The summed E-state index contributed by atoms with van der Waals surface area (Å²) in [6, 6.07) is 7.74. The molecule has 3 rings (SSSR count). The number of benzene rings is 1. The van der Waals surface area contributed by atoms with Crippen LogP contribution in [-0.4, -0.2) is 23.2 Å². The van der Waals surface area contributed by atoms with Crippen molar-refractivity contribution in [2.24, 2.45) is 7.05 Å². The molecule has 1 N–H and O–H groups in total. The summed E-state index contributed by atoms with van der Waals surface area (Å²) in [5, 5.41) is 7.86. The third-order valence-electron chi connectivity index (χ3n) is 4.45. The largest absolute Gasteiger partial charge is 0.420 e. The van der Waals surface area contributed by atoms with Gasteiger partial charge in [-0.05, 0) is 26.3 Å². The molecule has 3 aromatic rings. The maximum Gasteiger partial charge on any atom is 0.264 e. The Morgan fingerprint density at radius 2 is 1.73 bits per heavy atom. The summed E-state index contributed by atoms with van der Waals surface area (Å²) in [7, 11) is -1.91. The molecule has 0 bridgehead atoms. The lowest BCUT2D eigenvalue weighted by Gasteiger charge is -2.08. The van der Waals surface area contributed by atoms with Crippen LogP contribution >= 0.6 is 0 Å². The number of hydrogen-bond acceptors (Lipinski definition) is 5. The Labute approximate surface area is 153 Å². The van der Waals surface area contributed by atoms with Crippen LogP contribution in [0.2, 0.25) is 0 Å². The quantitative estimate of drug-likeness (QED) is 0.742. The predicted octanol–water partition coefficient (Wildman–Crippen LogP) is 2.79. The number of aromatic nitrogens is 3. The average molecular weight is 374 g/mol. The third kappa shape index (κ3) is 3.30. The Bertz CT molecular complexity index is 1050. The van der Waals surface area contributed by atoms with Gasteiger partial charge < -0.3 is 8.98 Å². The molecule has 0 aliphatic carbocycles. The van der Waals surface area contributed by atoms with E-state index in [1.54, 1.807) is 32.4 Å². The van der Waals surface area contributed by atoms with Crippen molar-refractivity contribution in [2.45, 2.75) is 39.1 Å². The molecule has 0 fully saturated rings. The van der Waals surface area contributed by atoms with Crippen molar-refractivity contribution in [3.8, 4) is 11.6 Å². The van der Waals surface area contributed by atoms with Crippen LogP contribution < -0.4 is 4.72 Å². The Morgan fingerprint density at radius 1 is 1.08 bits per heavy atom. The minimum absolute atomic E-state index is 0.228. The van der Waals surface area contributed by atoms with Gasteiger partial charge in [-0.25, -0.2) is 13.1 Å². The molecule has 0 amide bonds. The molecule has 138 valence electrons. The van der Waals surface area contributed by atoms with Gasteiger partial charge in [-0.15, -0.1) is 10.2 Å². The zero-order valence-electron chi connectivity index (χ0n) is 15.5. The molecule has 8 heteroatoms. The standard InChI is InChI=1S/C18H22N4O3S/c1-11-6-8-15(9-7-11)10-19-26(23,24)17-12(2)16(22(5)13(17)3)18-21-20-14(4)25-18/h6-9,19H,10H2,1-5H3. The molecule has 0 atom stereocenters. The van der Waals surface area contributed by atoms with E-state index in [0.29, 0.717) is 28.7 Å². The lowest BCUT2D eigenvalue weighted by molar-refractivity contribution is 0.528. The molecule has 0 aliphatic rings. The summed E-state index contributed by atoms with van der Waals surface area (Å²) in [5.41, 5.74) is 3.85. The minimum atomic E-state index is -3.69. The van der Waals surface area contributed by atoms with Crippen LogP contribution in [-0.2, 0) is 23.6 Å². The second kappa shape index (κ2) is 6.69. The van der Waals surface area contributed by atoms with Crippen molar-refractivity contribution in [1.82, 2.24) is 19.5 Å². The summed E-state index contributed by atoms with van der Waals surface area (Å²) < 4.78 is 35.8. The van der Waals surface area contributed by atoms with Crippen LogP contribution in [0.1, 0.15) is 28.3 Å². The van der Waals surface area contributed by atoms with Crippen molar-refractivity contribution in [3.63, 3.8) is 0 Å². The minimum Gasteiger partial charge on any atom is -0.420 e. The number of nitrogens with zero attached hydrogens (tertiary/aromatic N) is 3. The van der Waals surface area contributed by atoms with Crippen LogP contribution in [0.3, 0.4) is 0 Å². The van der Waals surface area contributed by atoms with E-state index in [4.69, 9.17) is 4.42 Å². The molecule has 0 saturated carbocycles. The lowest BCUT2D eigenvalue weighted by atomic mass is 10.2. The molecule has 1 aromatic carbocycles. The van der Waals surface area contributed by atoms with Crippen LogP contribution in [0.4, 0.5) is 0 Å². The van der Waals surface area contributed by atoms with Crippen molar-refractivity contribution in [2.75, 3.05) is 0 Å². The second-order valence-corrected chi connectivity index (χ2v) is 8.09. The molecule has 0 saturated heterocycles. The summed E-state index contributed by atoms with van der Waals surface area (Å²) in [6.45, 7) is 7.43. The number of hydrogen-bond donors (Lipinski definition) is 1. The monoisotopic (exact) mass is 374 g/mol. The van der Waals surface area contributed by atoms with Gasteiger partial charge >= 0.3 is 0 Å². The van der Waals surface area contributed by atoms with Crippen LogP contribution in [0, 0.1) is 27.7 Å². The van der Waals surface area contributed by atoms with Gasteiger partial charge in [0.05, 0.1) is 0 Å². The van der Waals surface area contributed by atoms with Gasteiger partial charge in [0.15, 0.2) is 0 Å². The first kappa shape index (κ1) is 18.3. The fourth-order valence-corrected chi connectivity index (χ4v) is 4.53. The average Bonchev–Trinajstić information content (AvgIpc) is 3.09. The van der Waals surface area contributed by atoms with E-state index >= 15 is 0 Å². The van der Waals surface area contributed by atoms with Crippen LogP contribution in [0.5, 0.6) is 0 Å². The van der Waals surface area contributed by atoms with Crippen molar-refractivity contribution >= 4 is 10.0 Å². The Balaban J connectivity index is 1.96. The number of rotatable bonds is 5. The molecule has 0 spiro atoms. The van der Waals surface area contributed by atoms with Gasteiger partial charge in [-0.2, -0.15) is 0 Å². The maximum atomic E-state index is 12.9. The summed E-state index contributed by atoms with van der Waals surface area (Å²) >= 11 is 0. The van der Waals surface area contributed by atoms with Crippen molar-refractivity contribution < 1.29 is 12.8 Å². The Kier molecular flexibility index (Phi) is 4.72. The van der Waals surface area contributed by atoms with Gasteiger partial charge in [0.2, 0.25) is 15.9 Å². The molecular formula is C18H22N4O3S. The highest BCUT2D eigenvalue weighted by atomic mass is 32.2. The molecule has 0 radical (unpaired) electrons. The van der Waals surface area contributed by atoms with E-state index in [0.717, 1.165) is 11.1 Å². The van der Waals surface area contributed by atoms with E-state index < -0.39 is 10.0 Å². The summed E-state index contributed by atoms with van der Waals surface area (Å²) in [4.78, 5) is 0.248. The molecule has 0 unspecified atom stereocenters. The van der Waals surface area contributed by atoms with E-state index in [9.17, 15) is 8.42 Å². The number of aryl methyl sites for hydroxylation is 2. The van der Waals surface area contributed by atoms with Gasteiger partial charge in [-0.3, -0.25) is 0 Å². The van der Waals surface area contributed by atoms with Crippen LogP contribution in [0.25, 0.3) is 11.6 Å². The highest BCUT2D eigenvalue weighted by Gasteiger charge is 2.28. The van der Waals surface area contributed by atoms with E-state index in [-0.39, 0.29) is 11.4 Å². The predicted molar refractivity (Wildman–Crippen MR) is 98.1 cm³/mol. The topological polar surface area (TPSA) is 90.0 Å². The van der Waals surface area contributed by atoms with E-state index in [1.165, 1.54) is 0 Å². The molecule has 2 aromatic heterocycles. The zero-order valence-corrected chi connectivity index (χ0v) is 16.3. The van der Waals surface area contributed by atoms with Gasteiger partial charge in [-0.1, -0.05) is 29.8 Å². The third-order valence-corrected chi connectivity index (χ3v) is 6.11. The molecular weight excluding hydrogens is 352 g/mol. The van der Waals surface area contributed by atoms with Crippen molar-refractivity contribution in [1.29, 1.82) is 0 Å². The van der Waals surface area contributed by atoms with Crippen LogP contribution in [0.15, 0.2) is 33.6 Å². The van der Waals surface area contributed by atoms with E-state index in [1.807, 2.05) is 31.2 Å². The highest BCUT2D eigenvalue weighted by molar-refractivity contribution is 7.89. The number of sulfonamides is 1. The first-order valence-corrected chi connectivity index (χ1v) is 9.70. The normalized spacial score (nSPS) is 11.9. The second-order valence-electron chi connectivity index (χ2n) is 6.38. The maximum absolute atomic E-state index is 12.9. The zero-order chi connectivity index (χ0) is 19.1. The van der Waals surface area contributed by atoms with Gasteiger partial charge in [0.25, 0.3) is 5.89 Å². The van der Waals surface area contributed by atoms with Gasteiger partial charge in [0.1, 0.15) is 10.6 Å². The molecule has 7 nitrogen and oxygen atoms in total. The van der Waals surface area contributed by atoms with Gasteiger partial charge in [0, 0.05) is 31.8 Å². The van der Waals surface area contributed by atoms with Crippen molar-refractivity contribution in [3.05, 3.63) is 52.5 Å². The highest BCUT2D eigenvalue weighted by Crippen LogP contribution is 2.32. The Morgan fingerprint density at radius 3 is 2.31 bits per heavy atom. The first-order chi connectivity index (χ1) is 12.2.